The molecule has 0 aromatic heterocycles. The quantitative estimate of drug-likeness (QED) is 0.00931. The van der Waals surface area contributed by atoms with Gasteiger partial charge < -0.3 is 60.0 Å². The maximum absolute atomic E-state index is 13.4. The Labute approximate surface area is 763 Å². The van der Waals surface area contributed by atoms with E-state index in [4.69, 9.17) is 23.7 Å². The fourth-order valence-electron chi connectivity index (χ4n) is 12.5. The molecule has 0 saturated carbocycles. The number of aliphatic carboxylic acids is 1. The molecule has 0 unspecified atom stereocenters. The van der Waals surface area contributed by atoms with Crippen LogP contribution in [0.1, 0.15) is 131 Å². The van der Waals surface area contributed by atoms with Gasteiger partial charge in [-0.25, -0.2) is 24.0 Å². The Kier molecular flexibility index (Phi) is 41.8. The van der Waals surface area contributed by atoms with Crippen molar-refractivity contribution in [2.75, 3.05) is 61.8 Å². The predicted octanol–water partition coefficient (Wildman–Crippen LogP) is 8.18. The van der Waals surface area contributed by atoms with Gasteiger partial charge in [0.1, 0.15) is 6.04 Å². The summed E-state index contributed by atoms with van der Waals surface area (Å²) >= 11 is 0. The van der Waals surface area contributed by atoms with E-state index in [1.807, 2.05) is 257 Å². The van der Waals surface area contributed by atoms with Crippen molar-refractivity contribution in [3.8, 4) is 0 Å². The number of carboxylic acids is 2. The Bertz CT molecular complexity index is 5250. The molecule has 126 heavy (non-hydrogen) atoms. The largest absolute Gasteiger partial charge is 1.00 e. The van der Waals surface area contributed by atoms with Crippen molar-refractivity contribution in [1.29, 1.82) is 0 Å². The fourth-order valence-corrected chi connectivity index (χ4v) is 22.3. The number of hydrogen-bond donors (Lipinski definition) is 5. The molecule has 644 valence electrons. The number of carbonyl (C=O) groups is 10. The van der Waals surface area contributed by atoms with E-state index in [0.29, 0.717) is 49.4 Å². The summed E-state index contributed by atoms with van der Waals surface area (Å²) in [6.45, 7) is 13.6. The number of carbonyl (C=O) groups excluding carboxylic acids is 9. The van der Waals surface area contributed by atoms with Gasteiger partial charge in [-0.05, 0) is 152 Å². The van der Waals surface area contributed by atoms with E-state index < -0.39 is 91.8 Å². The number of amides is 4. The number of esters is 4. The number of benzene rings is 12. The molecule has 4 amide bonds. The van der Waals surface area contributed by atoms with Gasteiger partial charge in [0.05, 0.1) is 69.5 Å². The van der Waals surface area contributed by atoms with Gasteiger partial charge in [-0.2, -0.15) is 0 Å². The summed E-state index contributed by atoms with van der Waals surface area (Å²) in [6, 6.07) is 96.3. The zero-order valence-corrected chi connectivity index (χ0v) is 78.0. The molecule has 12 rings (SSSR count). The second-order valence-electron chi connectivity index (χ2n) is 28.6. The molecule has 0 aliphatic rings. The van der Waals surface area contributed by atoms with Crippen LogP contribution in [0.2, 0.25) is 0 Å². The van der Waals surface area contributed by atoms with Gasteiger partial charge in [-0.1, -0.05) is 284 Å². The summed E-state index contributed by atoms with van der Waals surface area (Å²) in [4.78, 5) is 125. The van der Waals surface area contributed by atoms with Gasteiger partial charge in [0.2, 0.25) is 5.91 Å². The first-order valence-electron chi connectivity index (χ1n) is 40.0. The normalized spacial score (nSPS) is 10.8. The number of likely N-dealkylation sites (N-methyl/N-ethyl adjacent to an activating group) is 1. The number of hydrogen-bond acceptors (Lipinski definition) is 16. The molecule has 5 N–H and O–H groups in total. The standard InChI is InChI=1S/C46H42N2O7P2.C26H25N2O6P.C21H17O4P.C5H12.C2H6.Na/c1-53-45(51)39-25-23-33(31-41(39)56(35-15-7-3-8-16-35)36-17-9-4-10-18-36)43(49)47-27-29-55-30-28-48-44(50)34-24-26-40(46(52)54-2)42(32-34)57(37-19-11-5-12-20-37)38-21-13-6-14-22-38;1-27-25(32)21(16-23(29)30)28-24(31)17-13-14-20(26(33)34-2)22(15-17)35(18-9-5-3-6-10-18)19-11-7-4-8-12-19;1-25-21(24)18-13-12-15(20(22)23)14-19(18)26(16-8-4-2-5-9-16)17-10-6-3-7-11-17;1-5(2,3)4;1-2;/h3-26,31-32H,27-30H2,1-2H3,(H,47,49)(H,48,50);3-15,21H,16H2,1-2H3,(H,27,32)(H,28,31)(H,29,30);2-14H,1H3,(H,22,23);1-4H3;1-2H3;/q;;;;;+1/p-1/t;21-;;;;/m.0..../s1. The van der Waals surface area contributed by atoms with E-state index >= 15 is 0 Å². The monoisotopic (exact) mass is 1780 g/mol. The van der Waals surface area contributed by atoms with Gasteiger partial charge in [0.15, 0.2) is 0 Å². The molecule has 12 aromatic carbocycles. The summed E-state index contributed by atoms with van der Waals surface area (Å²) in [7, 11) is 1.91. The van der Waals surface area contributed by atoms with E-state index in [2.05, 4.69) is 49.0 Å². The van der Waals surface area contributed by atoms with Gasteiger partial charge >= 0.3 is 59.4 Å². The molecule has 0 radical (unpaired) electrons. The average Bonchev–Trinajstić information content (AvgIpc) is 0.795. The number of rotatable bonds is 30. The van der Waals surface area contributed by atoms with Crippen LogP contribution in [0.5, 0.6) is 0 Å². The second kappa shape index (κ2) is 52.1. The molecule has 0 aliphatic carbocycles. The topological polar surface area (TPSA) is 308 Å². The first-order valence-corrected chi connectivity index (χ1v) is 45.3. The fraction of sp³-hybridized carbons (Fsp3) is 0.180. The van der Waals surface area contributed by atoms with E-state index in [-0.39, 0.29) is 78.8 Å². The third-order valence-corrected chi connectivity index (χ3v) is 28.0. The van der Waals surface area contributed by atoms with Crippen molar-refractivity contribution < 1.29 is 111 Å². The number of carboxylic acid groups (broad SMARTS) is 2. The Morgan fingerprint density at radius 2 is 0.563 bits per heavy atom. The molecular formula is C100H101N4NaO17P4. The van der Waals surface area contributed by atoms with E-state index in [9.17, 15) is 58.2 Å². The predicted molar refractivity (Wildman–Crippen MR) is 500 cm³/mol. The third kappa shape index (κ3) is 29.6. The van der Waals surface area contributed by atoms with E-state index in [1.54, 1.807) is 48.5 Å². The van der Waals surface area contributed by atoms with Crippen molar-refractivity contribution in [3.63, 3.8) is 0 Å². The van der Waals surface area contributed by atoms with Crippen LogP contribution < -0.4 is 120 Å². The molecule has 0 bridgehead atoms. The minimum absolute atomic E-state index is 0. The van der Waals surface area contributed by atoms with Gasteiger partial charge in [0.25, 0.3) is 17.7 Å². The second-order valence-corrected chi connectivity index (χ2v) is 37.3. The number of nitrogens with one attached hydrogen (secondary N) is 4. The molecular weight excluding hydrogens is 1680 g/mol. The maximum Gasteiger partial charge on any atom is 1.00 e. The van der Waals surface area contributed by atoms with Crippen LogP contribution in [0.3, 0.4) is 0 Å². The van der Waals surface area contributed by atoms with Crippen LogP contribution in [0.25, 0.3) is 0 Å². The first kappa shape index (κ1) is 101. The van der Waals surface area contributed by atoms with Crippen LogP contribution >= 0.6 is 31.7 Å². The average molecular weight is 1780 g/mol. The van der Waals surface area contributed by atoms with Crippen molar-refractivity contribution in [1.82, 2.24) is 21.3 Å². The Morgan fingerprint density at radius 3 is 0.770 bits per heavy atom. The zero-order chi connectivity index (χ0) is 90.4. The number of aromatic carboxylic acids is 1. The third-order valence-electron chi connectivity index (χ3n) is 18.0. The molecule has 26 heteroatoms. The molecule has 0 heterocycles. The molecule has 0 aliphatic heterocycles. The number of ether oxygens (including phenoxy) is 5. The Hall–Kier alpha value is -12.0. The van der Waals surface area contributed by atoms with Crippen LogP contribution in [-0.2, 0) is 33.3 Å². The minimum Gasteiger partial charge on any atom is -0.550 e. The first-order chi connectivity index (χ1) is 60.4. The SMILES string of the molecule is CC.CC(C)(C)C.CNC(=O)[C@H](CC(=O)[O-])NC(=O)c1ccc(C(=O)OC)c(P(c2ccccc2)c2ccccc2)c1.COC(=O)c1ccc(C(=O)NCCOCCNC(=O)c2ccc(C(=O)OC)c(P(c3ccccc3)c3ccccc3)c2)cc1P(c1ccccc1)c1ccccc1.COC(=O)c1ccc(C(=O)O)cc1P(c1ccccc1)c1ccccc1.[Na+]. The molecule has 0 saturated heterocycles. The van der Waals surface area contributed by atoms with E-state index in [1.165, 1.54) is 59.8 Å². The van der Waals surface area contributed by atoms with Crippen molar-refractivity contribution in [2.45, 2.75) is 54.0 Å². The van der Waals surface area contributed by atoms with Gasteiger partial charge in [-0.15, -0.1) is 0 Å². The summed E-state index contributed by atoms with van der Waals surface area (Å²) in [5.41, 5.74) is 3.13. The number of methoxy groups -OCH3 is 4. The molecule has 1 atom stereocenters. The Morgan fingerprint density at radius 1 is 0.349 bits per heavy atom. The van der Waals surface area contributed by atoms with Crippen LogP contribution in [0, 0.1) is 5.41 Å². The molecule has 21 nitrogen and oxygen atoms in total. The molecule has 0 fully saturated rings. The molecule has 0 spiro atoms. The van der Waals surface area contributed by atoms with Gasteiger partial charge in [0, 0.05) is 70.4 Å². The summed E-state index contributed by atoms with van der Waals surface area (Å²) < 4.78 is 25.9. The van der Waals surface area contributed by atoms with Crippen molar-refractivity contribution in [3.05, 3.63) is 360 Å². The van der Waals surface area contributed by atoms with Gasteiger partial charge in [-0.3, -0.25) is 19.2 Å². The molecule has 12 aromatic rings. The van der Waals surface area contributed by atoms with Crippen LogP contribution in [0.15, 0.2) is 315 Å². The van der Waals surface area contributed by atoms with E-state index in [0.717, 1.165) is 53.0 Å². The van der Waals surface area contributed by atoms with Crippen LogP contribution in [-0.4, -0.2) is 132 Å². The summed E-state index contributed by atoms with van der Waals surface area (Å²) in [6.07, 6.45) is -0.681. The zero-order valence-electron chi connectivity index (χ0n) is 72.4. The Balaban J connectivity index is 0.000000268. The van der Waals surface area contributed by atoms with Crippen molar-refractivity contribution >= 4 is 155 Å². The van der Waals surface area contributed by atoms with Crippen molar-refractivity contribution in [2.24, 2.45) is 5.41 Å². The smallest absolute Gasteiger partial charge is 0.550 e. The minimum atomic E-state index is -1.47. The maximum atomic E-state index is 13.4. The van der Waals surface area contributed by atoms with Crippen LogP contribution in [0.4, 0.5) is 0 Å². The summed E-state index contributed by atoms with van der Waals surface area (Å²) in [5, 5.41) is 41.8. The summed E-state index contributed by atoms with van der Waals surface area (Å²) in [5.74, 6) is -6.41.